The highest BCUT2D eigenvalue weighted by Gasteiger charge is 2.16. The number of aliphatic hydroxyl groups excluding tert-OH is 1. The fourth-order valence-electron chi connectivity index (χ4n) is 7.22. The van der Waals surface area contributed by atoms with E-state index in [1.807, 2.05) is 0 Å². The van der Waals surface area contributed by atoms with E-state index in [0.29, 0.717) is 51.5 Å². The van der Waals surface area contributed by atoms with E-state index in [1.165, 1.54) is 103 Å². The summed E-state index contributed by atoms with van der Waals surface area (Å²) >= 11 is 0. The monoisotopic (exact) mass is 782 g/mol. The van der Waals surface area contributed by atoms with Gasteiger partial charge < -0.3 is 24.2 Å². The Balaban J connectivity index is 4.58. The van der Waals surface area contributed by atoms with Crippen LogP contribution in [0.1, 0.15) is 227 Å². The van der Waals surface area contributed by atoms with Gasteiger partial charge in [0, 0.05) is 31.7 Å². The number of esters is 3. The van der Waals surface area contributed by atoms with Crippen LogP contribution >= 0.6 is 0 Å². The normalized spacial score (nSPS) is 12.1. The molecular formula is C47H91NO7. The van der Waals surface area contributed by atoms with Gasteiger partial charge in [0.1, 0.15) is 0 Å². The summed E-state index contributed by atoms with van der Waals surface area (Å²) in [5.41, 5.74) is 0. The third-order valence-corrected chi connectivity index (χ3v) is 10.9. The Morgan fingerprint density at radius 1 is 0.400 bits per heavy atom. The summed E-state index contributed by atoms with van der Waals surface area (Å²) < 4.78 is 17.1. The minimum atomic E-state index is -0.156. The van der Waals surface area contributed by atoms with E-state index in [0.717, 1.165) is 90.1 Å². The van der Waals surface area contributed by atoms with E-state index in [1.54, 1.807) is 0 Å². The van der Waals surface area contributed by atoms with Crippen LogP contribution in [0.2, 0.25) is 0 Å². The molecule has 8 heteroatoms. The Morgan fingerprint density at radius 2 is 0.709 bits per heavy atom. The molecule has 0 heterocycles. The van der Waals surface area contributed by atoms with Crippen molar-refractivity contribution in [3.05, 3.63) is 0 Å². The number of carbonyl (C=O) groups excluding carboxylic acids is 3. The Labute approximate surface area is 340 Å². The van der Waals surface area contributed by atoms with Gasteiger partial charge in [0.2, 0.25) is 0 Å². The molecule has 1 atom stereocenters. The average molecular weight is 782 g/mol. The zero-order valence-corrected chi connectivity index (χ0v) is 36.9. The third kappa shape index (κ3) is 37.7. The van der Waals surface area contributed by atoms with Crippen molar-refractivity contribution in [1.29, 1.82) is 0 Å². The van der Waals surface area contributed by atoms with Crippen molar-refractivity contribution in [3.63, 3.8) is 0 Å². The van der Waals surface area contributed by atoms with E-state index in [4.69, 9.17) is 14.2 Å². The molecule has 0 aromatic carbocycles. The van der Waals surface area contributed by atoms with Crippen molar-refractivity contribution in [2.24, 2.45) is 11.8 Å². The number of hydrogen-bond donors (Lipinski definition) is 1. The van der Waals surface area contributed by atoms with Gasteiger partial charge in [-0.05, 0) is 70.4 Å². The second-order valence-electron chi connectivity index (χ2n) is 16.4. The second kappa shape index (κ2) is 41.9. The molecular weight excluding hydrogens is 691 g/mol. The quantitative estimate of drug-likeness (QED) is 0.0371. The summed E-state index contributed by atoms with van der Waals surface area (Å²) in [5, 5.41) is 9.70. The molecule has 0 radical (unpaired) electrons. The first-order chi connectivity index (χ1) is 26.9. The number of ether oxygens (including phenoxy) is 3. The van der Waals surface area contributed by atoms with Crippen LogP contribution in [0.5, 0.6) is 0 Å². The number of aliphatic hydroxyl groups is 1. The Kier molecular flexibility index (Phi) is 40.7. The lowest BCUT2D eigenvalue weighted by molar-refractivity contribution is -0.149. The maximum Gasteiger partial charge on any atom is 0.305 e. The maximum absolute atomic E-state index is 12.6. The maximum atomic E-state index is 12.6. The van der Waals surface area contributed by atoms with Gasteiger partial charge in [0.05, 0.1) is 26.4 Å². The number of rotatable bonds is 43. The summed E-state index contributed by atoms with van der Waals surface area (Å²) in [6.45, 7) is 12.6. The van der Waals surface area contributed by atoms with Crippen molar-refractivity contribution in [3.8, 4) is 0 Å². The smallest absolute Gasteiger partial charge is 0.305 e. The van der Waals surface area contributed by atoms with Crippen LogP contribution in [0.25, 0.3) is 0 Å². The lowest BCUT2D eigenvalue weighted by Crippen LogP contribution is -2.29. The van der Waals surface area contributed by atoms with Crippen molar-refractivity contribution in [2.45, 2.75) is 227 Å². The Hall–Kier alpha value is -1.67. The highest BCUT2D eigenvalue weighted by molar-refractivity contribution is 5.70. The number of unbranched alkanes of at least 4 members (excludes halogenated alkanes) is 19. The van der Waals surface area contributed by atoms with E-state index in [9.17, 15) is 19.5 Å². The first-order valence-corrected chi connectivity index (χ1v) is 23.7. The molecule has 0 aliphatic carbocycles. The largest absolute Gasteiger partial charge is 0.465 e. The van der Waals surface area contributed by atoms with Crippen LogP contribution in [0.4, 0.5) is 0 Å². The molecule has 8 nitrogen and oxygen atoms in total. The van der Waals surface area contributed by atoms with Crippen LogP contribution in [0.15, 0.2) is 0 Å². The fraction of sp³-hybridized carbons (Fsp3) is 0.936. The highest BCUT2D eigenvalue weighted by Crippen LogP contribution is 2.20. The minimum absolute atomic E-state index is 0.00832. The molecule has 0 rings (SSSR count). The fourth-order valence-corrected chi connectivity index (χ4v) is 7.22. The molecule has 0 fully saturated rings. The molecule has 0 saturated heterocycles. The molecule has 0 amide bonds. The SMILES string of the molecule is CCCCCCCCC(CCCCCC)COC(=O)CCCCCN(CCO)CCCCC(COC(=O)CCCCCCC)COC(=O)CCCCCCC. The number of hydrogen-bond acceptors (Lipinski definition) is 8. The van der Waals surface area contributed by atoms with Crippen LogP contribution < -0.4 is 0 Å². The first kappa shape index (κ1) is 53.3. The second-order valence-corrected chi connectivity index (χ2v) is 16.4. The summed E-state index contributed by atoms with van der Waals surface area (Å²) in [4.78, 5) is 39.7. The summed E-state index contributed by atoms with van der Waals surface area (Å²) in [6, 6.07) is 0. The van der Waals surface area contributed by atoms with E-state index < -0.39 is 0 Å². The highest BCUT2D eigenvalue weighted by atomic mass is 16.5. The number of nitrogens with zero attached hydrogens (tertiary/aromatic N) is 1. The zero-order chi connectivity index (χ0) is 40.5. The van der Waals surface area contributed by atoms with Crippen molar-refractivity contribution >= 4 is 17.9 Å². The van der Waals surface area contributed by atoms with Gasteiger partial charge in [-0.15, -0.1) is 0 Å². The van der Waals surface area contributed by atoms with Crippen LogP contribution in [-0.2, 0) is 28.6 Å². The summed E-state index contributed by atoms with van der Waals surface area (Å²) in [6.07, 6.45) is 33.0. The van der Waals surface area contributed by atoms with Gasteiger partial charge in [0.15, 0.2) is 0 Å². The van der Waals surface area contributed by atoms with Crippen LogP contribution in [-0.4, -0.2) is 74.0 Å². The summed E-state index contributed by atoms with van der Waals surface area (Å²) in [5.74, 6) is 0.118. The third-order valence-electron chi connectivity index (χ3n) is 10.9. The molecule has 0 saturated carbocycles. The molecule has 0 aliphatic heterocycles. The van der Waals surface area contributed by atoms with Crippen molar-refractivity contribution < 1.29 is 33.7 Å². The average Bonchev–Trinajstić information content (AvgIpc) is 3.18. The van der Waals surface area contributed by atoms with Crippen molar-refractivity contribution in [1.82, 2.24) is 4.90 Å². The van der Waals surface area contributed by atoms with Gasteiger partial charge in [-0.25, -0.2) is 0 Å². The molecule has 326 valence electrons. The van der Waals surface area contributed by atoms with E-state index in [2.05, 4.69) is 32.6 Å². The molecule has 0 aliphatic rings. The Morgan fingerprint density at radius 3 is 1.15 bits per heavy atom. The van der Waals surface area contributed by atoms with Crippen LogP contribution in [0, 0.1) is 11.8 Å². The van der Waals surface area contributed by atoms with Crippen molar-refractivity contribution in [2.75, 3.05) is 46.1 Å². The van der Waals surface area contributed by atoms with E-state index in [-0.39, 0.29) is 30.4 Å². The molecule has 0 bridgehead atoms. The first-order valence-electron chi connectivity index (χ1n) is 23.7. The topological polar surface area (TPSA) is 102 Å². The minimum Gasteiger partial charge on any atom is -0.465 e. The summed E-state index contributed by atoms with van der Waals surface area (Å²) in [7, 11) is 0. The van der Waals surface area contributed by atoms with Gasteiger partial charge in [0.25, 0.3) is 0 Å². The molecule has 1 N–H and O–H groups in total. The number of carbonyl (C=O) groups is 3. The predicted molar refractivity (Wildman–Crippen MR) is 229 cm³/mol. The van der Waals surface area contributed by atoms with Crippen LogP contribution in [0.3, 0.4) is 0 Å². The van der Waals surface area contributed by atoms with Gasteiger partial charge in [-0.1, -0.05) is 156 Å². The standard InChI is InChI=1S/C47H91NO7/c1-5-9-13-17-20-23-31-43(30-22-16-12-8-4)40-53-45(50)35-26-21-28-36-48(38-39-49)37-29-27-32-44(41-54-46(51)33-24-18-14-10-6-2)42-55-47(52)34-25-19-15-11-7-3/h43-44,49H,5-42H2,1-4H3. The molecule has 0 aromatic heterocycles. The zero-order valence-electron chi connectivity index (χ0n) is 36.9. The lowest BCUT2D eigenvalue weighted by Gasteiger charge is -2.22. The van der Waals surface area contributed by atoms with Gasteiger partial charge >= 0.3 is 17.9 Å². The van der Waals surface area contributed by atoms with Gasteiger partial charge in [-0.3, -0.25) is 14.4 Å². The van der Waals surface area contributed by atoms with Gasteiger partial charge in [-0.2, -0.15) is 0 Å². The molecule has 0 spiro atoms. The predicted octanol–water partition coefficient (Wildman–Crippen LogP) is 12.3. The lowest BCUT2D eigenvalue weighted by atomic mass is 9.95. The molecule has 1 unspecified atom stereocenters. The molecule has 55 heavy (non-hydrogen) atoms. The Bertz CT molecular complexity index is 823. The molecule has 0 aromatic rings. The van der Waals surface area contributed by atoms with E-state index >= 15 is 0 Å².